The summed E-state index contributed by atoms with van der Waals surface area (Å²) >= 11 is 0. The fraction of sp³-hybridized carbons (Fsp3) is 0.278. The normalized spacial score (nSPS) is 10.9. The van der Waals surface area contributed by atoms with Crippen molar-refractivity contribution in [3.63, 3.8) is 0 Å². The zero-order valence-corrected chi connectivity index (χ0v) is 12.2. The fourth-order valence-corrected chi connectivity index (χ4v) is 2.44. The number of benzene rings is 2. The van der Waals surface area contributed by atoms with E-state index in [4.69, 9.17) is 9.15 Å². The zero-order valence-electron chi connectivity index (χ0n) is 12.2. The average Bonchev–Trinajstić information content (AvgIpc) is 2.94. The maximum Gasteiger partial charge on any atom is 0.195 e. The van der Waals surface area contributed by atoms with Gasteiger partial charge in [0.1, 0.15) is 11.3 Å². The number of hydrogen-bond acceptors (Lipinski definition) is 3. The van der Waals surface area contributed by atoms with Gasteiger partial charge in [-0.3, -0.25) is 0 Å². The number of ether oxygens (including phenoxy) is 1. The van der Waals surface area contributed by atoms with Crippen molar-refractivity contribution in [1.82, 2.24) is 4.98 Å². The van der Waals surface area contributed by atoms with Gasteiger partial charge in [-0.15, -0.1) is 0 Å². The second kappa shape index (κ2) is 6.44. The van der Waals surface area contributed by atoms with Crippen LogP contribution in [0, 0.1) is 0 Å². The SMILES string of the molecule is COc1ccc2nc(CCCCc3ccccc3)oc2c1. The van der Waals surface area contributed by atoms with Crippen LogP contribution in [0.15, 0.2) is 52.9 Å². The topological polar surface area (TPSA) is 35.3 Å². The Hall–Kier alpha value is -2.29. The van der Waals surface area contributed by atoms with E-state index in [0.717, 1.165) is 48.4 Å². The average molecular weight is 281 g/mol. The highest BCUT2D eigenvalue weighted by Gasteiger charge is 2.06. The molecule has 0 aliphatic heterocycles. The van der Waals surface area contributed by atoms with Gasteiger partial charge in [-0.25, -0.2) is 4.98 Å². The van der Waals surface area contributed by atoms with E-state index in [1.54, 1.807) is 7.11 Å². The number of rotatable bonds is 6. The molecule has 0 aliphatic carbocycles. The molecule has 3 aromatic rings. The molecule has 0 fully saturated rings. The van der Waals surface area contributed by atoms with Crippen molar-refractivity contribution in [2.75, 3.05) is 7.11 Å². The summed E-state index contributed by atoms with van der Waals surface area (Å²) in [6.45, 7) is 0. The Morgan fingerprint density at radius 1 is 1.00 bits per heavy atom. The van der Waals surface area contributed by atoms with E-state index in [1.165, 1.54) is 5.56 Å². The maximum atomic E-state index is 5.77. The van der Waals surface area contributed by atoms with Crippen molar-refractivity contribution in [2.24, 2.45) is 0 Å². The van der Waals surface area contributed by atoms with Gasteiger partial charge >= 0.3 is 0 Å². The number of fused-ring (bicyclic) bond motifs is 1. The summed E-state index contributed by atoms with van der Waals surface area (Å²) in [5.41, 5.74) is 3.08. The lowest BCUT2D eigenvalue weighted by molar-refractivity contribution is 0.414. The monoisotopic (exact) mass is 281 g/mol. The number of aromatic nitrogens is 1. The van der Waals surface area contributed by atoms with Gasteiger partial charge in [-0.05, 0) is 37.0 Å². The zero-order chi connectivity index (χ0) is 14.5. The maximum absolute atomic E-state index is 5.77. The van der Waals surface area contributed by atoms with Crippen molar-refractivity contribution >= 4 is 11.1 Å². The molecule has 0 saturated heterocycles. The fourth-order valence-electron chi connectivity index (χ4n) is 2.44. The first-order valence-corrected chi connectivity index (χ1v) is 7.32. The van der Waals surface area contributed by atoms with E-state index in [0.29, 0.717) is 0 Å². The summed E-state index contributed by atoms with van der Waals surface area (Å²) in [6, 6.07) is 16.3. The molecule has 1 aromatic heterocycles. The molecular weight excluding hydrogens is 262 g/mol. The van der Waals surface area contributed by atoms with E-state index >= 15 is 0 Å². The van der Waals surface area contributed by atoms with Crippen molar-refractivity contribution < 1.29 is 9.15 Å². The van der Waals surface area contributed by atoms with Crippen LogP contribution in [0.4, 0.5) is 0 Å². The molecule has 0 saturated carbocycles. The Morgan fingerprint density at radius 3 is 2.62 bits per heavy atom. The lowest BCUT2D eigenvalue weighted by Crippen LogP contribution is -1.89. The molecule has 3 heteroatoms. The molecule has 0 amide bonds. The van der Waals surface area contributed by atoms with Gasteiger partial charge in [-0.1, -0.05) is 30.3 Å². The Labute approximate surface area is 124 Å². The van der Waals surface area contributed by atoms with Crippen LogP contribution in [0.1, 0.15) is 24.3 Å². The summed E-state index contributed by atoms with van der Waals surface area (Å²) < 4.78 is 11.0. The highest BCUT2D eigenvalue weighted by molar-refractivity contribution is 5.74. The van der Waals surface area contributed by atoms with Crippen LogP contribution in [-0.2, 0) is 12.8 Å². The lowest BCUT2D eigenvalue weighted by atomic mass is 10.1. The van der Waals surface area contributed by atoms with Gasteiger partial charge in [0.05, 0.1) is 7.11 Å². The first kappa shape index (κ1) is 13.7. The minimum Gasteiger partial charge on any atom is -0.497 e. The standard InChI is InChI=1S/C18H19NO2/c1-20-15-11-12-16-17(13-15)21-18(19-16)10-6-5-9-14-7-3-2-4-8-14/h2-4,7-8,11-13H,5-6,9-10H2,1H3. The summed E-state index contributed by atoms with van der Waals surface area (Å²) in [5.74, 6) is 1.61. The number of hydrogen-bond donors (Lipinski definition) is 0. The first-order chi connectivity index (χ1) is 10.3. The van der Waals surface area contributed by atoms with Crippen molar-refractivity contribution in [2.45, 2.75) is 25.7 Å². The first-order valence-electron chi connectivity index (χ1n) is 7.32. The summed E-state index contributed by atoms with van der Waals surface area (Å²) in [4.78, 5) is 4.51. The molecule has 21 heavy (non-hydrogen) atoms. The highest BCUT2D eigenvalue weighted by Crippen LogP contribution is 2.22. The van der Waals surface area contributed by atoms with E-state index < -0.39 is 0 Å². The Bertz CT molecular complexity index is 704. The van der Waals surface area contributed by atoms with Gasteiger partial charge in [0, 0.05) is 12.5 Å². The third-order valence-corrected chi connectivity index (χ3v) is 3.59. The Morgan fingerprint density at radius 2 is 1.81 bits per heavy atom. The molecule has 0 radical (unpaired) electrons. The predicted octanol–water partition coefficient (Wildman–Crippen LogP) is 4.40. The van der Waals surface area contributed by atoms with Crippen LogP contribution in [-0.4, -0.2) is 12.1 Å². The third-order valence-electron chi connectivity index (χ3n) is 3.59. The van der Waals surface area contributed by atoms with Crippen LogP contribution in [0.3, 0.4) is 0 Å². The van der Waals surface area contributed by atoms with Gasteiger partial charge in [0.15, 0.2) is 11.5 Å². The smallest absolute Gasteiger partial charge is 0.195 e. The van der Waals surface area contributed by atoms with Crippen LogP contribution in [0.25, 0.3) is 11.1 Å². The van der Waals surface area contributed by atoms with Crippen molar-refractivity contribution in [3.8, 4) is 5.75 Å². The van der Waals surface area contributed by atoms with Gasteiger partial charge in [-0.2, -0.15) is 0 Å². The van der Waals surface area contributed by atoms with Crippen molar-refractivity contribution in [1.29, 1.82) is 0 Å². The minimum atomic E-state index is 0.799. The predicted molar refractivity (Wildman–Crippen MR) is 83.6 cm³/mol. The van der Waals surface area contributed by atoms with Crippen molar-refractivity contribution in [3.05, 3.63) is 60.0 Å². The molecule has 0 N–H and O–H groups in total. The number of unbranched alkanes of at least 4 members (excludes halogenated alkanes) is 1. The van der Waals surface area contributed by atoms with E-state index in [9.17, 15) is 0 Å². The minimum absolute atomic E-state index is 0.799. The second-order valence-electron chi connectivity index (χ2n) is 5.13. The summed E-state index contributed by atoms with van der Waals surface area (Å²) in [6.07, 6.45) is 4.21. The number of aryl methyl sites for hydroxylation is 2. The molecule has 3 nitrogen and oxygen atoms in total. The Kier molecular flexibility index (Phi) is 4.20. The van der Waals surface area contributed by atoms with E-state index in [2.05, 4.69) is 35.3 Å². The van der Waals surface area contributed by atoms with Crippen LogP contribution >= 0.6 is 0 Å². The molecule has 0 bridgehead atoms. The molecule has 0 unspecified atom stereocenters. The molecule has 1 heterocycles. The largest absolute Gasteiger partial charge is 0.497 e. The van der Waals surface area contributed by atoms with Crippen LogP contribution in [0.2, 0.25) is 0 Å². The highest BCUT2D eigenvalue weighted by atomic mass is 16.5. The molecule has 0 atom stereocenters. The molecule has 108 valence electrons. The van der Waals surface area contributed by atoms with Crippen LogP contribution in [0.5, 0.6) is 5.75 Å². The third kappa shape index (κ3) is 3.43. The van der Waals surface area contributed by atoms with Gasteiger partial charge in [0.2, 0.25) is 0 Å². The Balaban J connectivity index is 1.55. The number of methoxy groups -OCH3 is 1. The molecule has 3 rings (SSSR count). The summed E-state index contributed by atoms with van der Waals surface area (Å²) in [7, 11) is 1.65. The van der Waals surface area contributed by atoms with E-state index in [-0.39, 0.29) is 0 Å². The second-order valence-corrected chi connectivity index (χ2v) is 5.13. The quantitative estimate of drug-likeness (QED) is 0.628. The lowest BCUT2D eigenvalue weighted by Gasteiger charge is -1.99. The van der Waals surface area contributed by atoms with Crippen LogP contribution < -0.4 is 4.74 Å². The number of nitrogens with zero attached hydrogens (tertiary/aromatic N) is 1. The molecule has 0 spiro atoms. The molecule has 2 aromatic carbocycles. The number of oxazole rings is 1. The molecule has 0 aliphatic rings. The van der Waals surface area contributed by atoms with E-state index in [1.807, 2.05) is 18.2 Å². The molecular formula is C18H19NO2. The summed E-state index contributed by atoms with van der Waals surface area (Å²) in [5, 5.41) is 0. The van der Waals surface area contributed by atoms with Gasteiger partial charge < -0.3 is 9.15 Å². The van der Waals surface area contributed by atoms with Gasteiger partial charge in [0.25, 0.3) is 0 Å².